The van der Waals surface area contributed by atoms with Crippen LogP contribution in [0.1, 0.15) is 31.2 Å². The maximum atomic E-state index is 11.9. The Morgan fingerprint density at radius 2 is 2.20 bits per heavy atom. The van der Waals surface area contributed by atoms with Crippen LogP contribution in [0.5, 0.6) is 0 Å². The quantitative estimate of drug-likeness (QED) is 0.811. The van der Waals surface area contributed by atoms with Crippen molar-refractivity contribution in [3.63, 3.8) is 0 Å². The third-order valence-electron chi connectivity index (χ3n) is 3.58. The van der Waals surface area contributed by atoms with Gasteiger partial charge in [0, 0.05) is 17.4 Å². The van der Waals surface area contributed by atoms with Crippen molar-refractivity contribution in [2.45, 2.75) is 37.7 Å². The third-order valence-corrected chi connectivity index (χ3v) is 4.35. The second-order valence-corrected chi connectivity index (χ2v) is 6.12. The van der Waals surface area contributed by atoms with Crippen LogP contribution < -0.4 is 5.32 Å². The van der Waals surface area contributed by atoms with Gasteiger partial charge in [0.2, 0.25) is 5.91 Å². The second kappa shape index (κ2) is 7.04. The molecule has 1 amide bonds. The van der Waals surface area contributed by atoms with Gasteiger partial charge in [-0.15, -0.1) is 0 Å². The van der Waals surface area contributed by atoms with Gasteiger partial charge < -0.3 is 10.4 Å². The van der Waals surface area contributed by atoms with Crippen LogP contribution in [-0.4, -0.2) is 23.2 Å². The van der Waals surface area contributed by atoms with Crippen molar-refractivity contribution in [1.29, 1.82) is 0 Å². The topological polar surface area (TPSA) is 49.3 Å². The minimum Gasteiger partial charge on any atom is -0.384 e. The average molecular weight is 338 g/mol. The van der Waals surface area contributed by atoms with E-state index in [1.54, 1.807) is 0 Å². The Morgan fingerprint density at radius 1 is 1.40 bits per heavy atom. The van der Waals surface area contributed by atoms with Crippen molar-refractivity contribution in [3.8, 4) is 0 Å². The monoisotopic (exact) mass is 337 g/mol. The molecule has 0 bridgehead atoms. The number of amides is 1. The van der Waals surface area contributed by atoms with Gasteiger partial charge in [0.25, 0.3) is 0 Å². The molecule has 0 heterocycles. The highest BCUT2D eigenvalue weighted by molar-refractivity contribution is 9.10. The molecular weight excluding hydrogens is 318 g/mol. The van der Waals surface area contributed by atoms with Crippen molar-refractivity contribution in [2.24, 2.45) is 0 Å². The van der Waals surface area contributed by atoms with E-state index >= 15 is 0 Å². The zero-order valence-electron chi connectivity index (χ0n) is 11.4. The number of carbonyl (C=O) groups excluding carboxylic acids is 1. The SMILES string of the molecule is O=C(CCc1ccccc1Br)NCC1(O)C=CCCC1. The first-order chi connectivity index (χ1) is 9.59. The van der Waals surface area contributed by atoms with Crippen molar-refractivity contribution < 1.29 is 9.90 Å². The molecule has 0 radical (unpaired) electrons. The molecule has 1 unspecified atom stereocenters. The molecule has 1 aliphatic rings. The summed E-state index contributed by atoms with van der Waals surface area (Å²) in [6.45, 7) is 0.304. The van der Waals surface area contributed by atoms with Crippen molar-refractivity contribution in [1.82, 2.24) is 5.32 Å². The predicted molar refractivity (Wildman–Crippen MR) is 83.4 cm³/mol. The van der Waals surface area contributed by atoms with Gasteiger partial charge in [-0.25, -0.2) is 0 Å². The molecule has 4 heteroatoms. The molecule has 1 aromatic carbocycles. The van der Waals surface area contributed by atoms with E-state index < -0.39 is 5.60 Å². The molecule has 0 aromatic heterocycles. The summed E-state index contributed by atoms with van der Waals surface area (Å²) in [5, 5.41) is 13.1. The van der Waals surface area contributed by atoms with Gasteiger partial charge in [-0.2, -0.15) is 0 Å². The summed E-state index contributed by atoms with van der Waals surface area (Å²) in [7, 11) is 0. The fraction of sp³-hybridized carbons (Fsp3) is 0.438. The second-order valence-electron chi connectivity index (χ2n) is 5.27. The number of benzene rings is 1. The molecule has 0 aliphatic heterocycles. The van der Waals surface area contributed by atoms with Gasteiger partial charge in [-0.1, -0.05) is 46.3 Å². The summed E-state index contributed by atoms with van der Waals surface area (Å²) in [5.41, 5.74) is 0.264. The van der Waals surface area contributed by atoms with Gasteiger partial charge >= 0.3 is 0 Å². The van der Waals surface area contributed by atoms with Crippen LogP contribution in [0.3, 0.4) is 0 Å². The van der Waals surface area contributed by atoms with E-state index in [1.807, 2.05) is 36.4 Å². The molecule has 20 heavy (non-hydrogen) atoms. The summed E-state index contributed by atoms with van der Waals surface area (Å²) >= 11 is 3.48. The fourth-order valence-corrected chi connectivity index (χ4v) is 2.83. The van der Waals surface area contributed by atoms with Gasteiger partial charge in [0.15, 0.2) is 0 Å². The number of allylic oxidation sites excluding steroid dienone is 1. The molecule has 2 N–H and O–H groups in total. The number of aryl methyl sites for hydroxylation is 1. The van der Waals surface area contributed by atoms with Crippen LogP contribution in [0.25, 0.3) is 0 Å². The highest BCUT2D eigenvalue weighted by atomic mass is 79.9. The van der Waals surface area contributed by atoms with Crippen LogP contribution in [0, 0.1) is 0 Å². The molecule has 2 rings (SSSR count). The average Bonchev–Trinajstić information content (AvgIpc) is 2.45. The largest absolute Gasteiger partial charge is 0.384 e. The molecule has 1 atom stereocenters. The predicted octanol–water partition coefficient (Wildman–Crippen LogP) is 2.97. The molecule has 1 aromatic rings. The smallest absolute Gasteiger partial charge is 0.220 e. The van der Waals surface area contributed by atoms with Gasteiger partial charge in [-0.3, -0.25) is 4.79 Å². The number of hydrogen-bond acceptors (Lipinski definition) is 2. The lowest BCUT2D eigenvalue weighted by Crippen LogP contribution is -2.42. The summed E-state index contributed by atoms with van der Waals surface area (Å²) in [4.78, 5) is 11.9. The Hall–Kier alpha value is -1.13. The van der Waals surface area contributed by atoms with E-state index in [4.69, 9.17) is 0 Å². The first kappa shape index (κ1) is 15.3. The van der Waals surface area contributed by atoms with Crippen LogP contribution >= 0.6 is 15.9 Å². The summed E-state index contributed by atoms with van der Waals surface area (Å²) in [6, 6.07) is 7.91. The van der Waals surface area contributed by atoms with Gasteiger partial charge in [-0.05, 0) is 37.3 Å². The molecule has 0 saturated heterocycles. The number of carbonyl (C=O) groups is 1. The van der Waals surface area contributed by atoms with E-state index in [9.17, 15) is 9.90 Å². The lowest BCUT2D eigenvalue weighted by Gasteiger charge is -2.27. The van der Waals surface area contributed by atoms with E-state index in [0.717, 1.165) is 22.9 Å². The molecule has 0 spiro atoms. The summed E-state index contributed by atoms with van der Waals surface area (Å²) < 4.78 is 1.03. The van der Waals surface area contributed by atoms with Crippen LogP contribution in [-0.2, 0) is 11.2 Å². The Morgan fingerprint density at radius 3 is 2.90 bits per heavy atom. The summed E-state index contributed by atoms with van der Waals surface area (Å²) in [5.74, 6) is -0.0202. The number of aliphatic hydroxyl groups is 1. The third kappa shape index (κ3) is 4.46. The van der Waals surface area contributed by atoms with Gasteiger partial charge in [0.1, 0.15) is 0 Å². The molecule has 108 valence electrons. The van der Waals surface area contributed by atoms with E-state index in [2.05, 4.69) is 21.2 Å². The lowest BCUT2D eigenvalue weighted by molar-refractivity contribution is -0.122. The zero-order valence-corrected chi connectivity index (χ0v) is 13.0. The van der Waals surface area contributed by atoms with Crippen molar-refractivity contribution in [3.05, 3.63) is 46.5 Å². The van der Waals surface area contributed by atoms with E-state index in [0.29, 0.717) is 25.8 Å². The van der Waals surface area contributed by atoms with Gasteiger partial charge in [0.05, 0.1) is 5.60 Å². The molecular formula is C16H20BrNO2. The van der Waals surface area contributed by atoms with Crippen LogP contribution in [0.2, 0.25) is 0 Å². The van der Waals surface area contributed by atoms with Crippen molar-refractivity contribution in [2.75, 3.05) is 6.54 Å². The number of rotatable bonds is 5. The van der Waals surface area contributed by atoms with Crippen LogP contribution in [0.4, 0.5) is 0 Å². The molecule has 1 aliphatic carbocycles. The minimum absolute atomic E-state index is 0.0202. The highest BCUT2D eigenvalue weighted by Crippen LogP contribution is 2.21. The van der Waals surface area contributed by atoms with Crippen molar-refractivity contribution >= 4 is 21.8 Å². The maximum absolute atomic E-state index is 11.9. The normalized spacial score (nSPS) is 21.7. The first-order valence-corrected chi connectivity index (χ1v) is 7.79. The Balaban J connectivity index is 1.77. The molecule has 3 nitrogen and oxygen atoms in total. The number of nitrogens with one attached hydrogen (secondary N) is 1. The van der Waals surface area contributed by atoms with Crippen LogP contribution in [0.15, 0.2) is 40.9 Å². The Bertz CT molecular complexity index is 501. The number of hydrogen-bond donors (Lipinski definition) is 2. The zero-order chi connectivity index (χ0) is 14.4. The Kier molecular flexibility index (Phi) is 5.38. The molecule has 0 saturated carbocycles. The Labute approximate surface area is 128 Å². The minimum atomic E-state index is -0.860. The summed E-state index contributed by atoms with van der Waals surface area (Å²) in [6.07, 6.45) is 7.62. The standard InChI is InChI=1S/C16H20BrNO2/c17-14-7-3-2-6-13(14)8-9-15(19)18-12-16(20)10-4-1-5-11-16/h2-4,6-7,10,20H,1,5,8-9,11-12H2,(H,18,19). The lowest BCUT2D eigenvalue weighted by atomic mass is 9.91. The first-order valence-electron chi connectivity index (χ1n) is 6.99. The van der Waals surface area contributed by atoms with E-state index in [1.165, 1.54) is 0 Å². The maximum Gasteiger partial charge on any atom is 0.220 e. The fourth-order valence-electron chi connectivity index (χ4n) is 2.35. The highest BCUT2D eigenvalue weighted by Gasteiger charge is 2.25. The molecule has 0 fully saturated rings. The van der Waals surface area contributed by atoms with E-state index in [-0.39, 0.29) is 5.91 Å². The number of halogens is 1.